The van der Waals surface area contributed by atoms with Gasteiger partial charge < -0.3 is 15.1 Å². The van der Waals surface area contributed by atoms with Crippen molar-refractivity contribution in [1.29, 1.82) is 0 Å². The number of hydrogen-bond donors (Lipinski definition) is 2. The lowest BCUT2D eigenvalue weighted by Crippen LogP contribution is -2.27. The Morgan fingerprint density at radius 1 is 1.27 bits per heavy atom. The summed E-state index contributed by atoms with van der Waals surface area (Å²) in [6.45, 7) is 0.240. The Morgan fingerprint density at radius 3 is 2.68 bits per heavy atom. The third-order valence-electron chi connectivity index (χ3n) is 2.73. The van der Waals surface area contributed by atoms with Crippen LogP contribution in [0.3, 0.4) is 0 Å². The van der Waals surface area contributed by atoms with Gasteiger partial charge >= 0.3 is 6.18 Å². The lowest BCUT2D eigenvalue weighted by Gasteiger charge is -2.11. The first-order valence-electron chi connectivity index (χ1n) is 6.26. The van der Waals surface area contributed by atoms with E-state index in [2.05, 4.69) is 10.6 Å². The number of halogens is 4. The molecule has 8 heteroatoms. The van der Waals surface area contributed by atoms with Gasteiger partial charge in [-0.1, -0.05) is 11.6 Å². The molecular formula is C14H12ClF3N2O2. The van der Waals surface area contributed by atoms with E-state index >= 15 is 0 Å². The van der Waals surface area contributed by atoms with Gasteiger partial charge in [-0.15, -0.1) is 0 Å². The molecule has 0 radical (unpaired) electrons. The normalized spacial score (nSPS) is 11.5. The molecule has 0 saturated carbocycles. The zero-order chi connectivity index (χ0) is 16.2. The summed E-state index contributed by atoms with van der Waals surface area (Å²) in [7, 11) is 0. The lowest BCUT2D eigenvalue weighted by molar-refractivity contribution is -0.137. The number of furan rings is 1. The van der Waals surface area contributed by atoms with Crippen molar-refractivity contribution >= 4 is 23.2 Å². The van der Waals surface area contributed by atoms with Crippen molar-refractivity contribution in [2.24, 2.45) is 0 Å². The summed E-state index contributed by atoms with van der Waals surface area (Å²) in [5.74, 6) is 0.137. The highest BCUT2D eigenvalue weighted by molar-refractivity contribution is 6.33. The number of benzene rings is 1. The number of alkyl halides is 3. The van der Waals surface area contributed by atoms with E-state index in [0.717, 1.165) is 18.2 Å². The summed E-state index contributed by atoms with van der Waals surface area (Å²) < 4.78 is 42.9. The number of carbonyl (C=O) groups excluding carboxylic acids is 1. The van der Waals surface area contributed by atoms with Gasteiger partial charge in [-0.3, -0.25) is 4.79 Å². The number of hydrogen-bond acceptors (Lipinski definition) is 3. The van der Waals surface area contributed by atoms with Crippen molar-refractivity contribution < 1.29 is 22.4 Å². The minimum atomic E-state index is -4.50. The molecule has 22 heavy (non-hydrogen) atoms. The van der Waals surface area contributed by atoms with Gasteiger partial charge in [-0.05, 0) is 30.3 Å². The van der Waals surface area contributed by atoms with Crippen LogP contribution in [0, 0.1) is 0 Å². The first kappa shape index (κ1) is 16.4. The van der Waals surface area contributed by atoms with E-state index in [0.29, 0.717) is 12.3 Å². The van der Waals surface area contributed by atoms with Crippen LogP contribution in [0.25, 0.3) is 0 Å². The number of anilines is 1. The van der Waals surface area contributed by atoms with Crippen LogP contribution < -0.4 is 10.6 Å². The van der Waals surface area contributed by atoms with Gasteiger partial charge in [0.25, 0.3) is 0 Å². The molecule has 0 spiro atoms. The Hall–Kier alpha value is -1.99. The second kappa shape index (κ2) is 6.85. The molecule has 2 aromatic rings. The van der Waals surface area contributed by atoms with Gasteiger partial charge in [0.1, 0.15) is 5.76 Å². The van der Waals surface area contributed by atoms with E-state index in [4.69, 9.17) is 16.0 Å². The Bertz CT molecular complexity index is 642. The molecule has 0 fully saturated rings. The van der Waals surface area contributed by atoms with E-state index in [1.807, 2.05) is 0 Å². The molecule has 118 valence electrons. The fourth-order valence-electron chi connectivity index (χ4n) is 1.70. The monoisotopic (exact) mass is 332 g/mol. The summed E-state index contributed by atoms with van der Waals surface area (Å²) in [4.78, 5) is 11.7. The zero-order valence-corrected chi connectivity index (χ0v) is 12.0. The van der Waals surface area contributed by atoms with Crippen LogP contribution in [0.15, 0.2) is 41.0 Å². The maximum Gasteiger partial charge on any atom is 0.416 e. The second-order valence-electron chi connectivity index (χ2n) is 4.42. The summed E-state index contributed by atoms with van der Waals surface area (Å²) in [6.07, 6.45) is -3.00. The number of amides is 1. The van der Waals surface area contributed by atoms with Crippen molar-refractivity contribution in [1.82, 2.24) is 5.32 Å². The molecule has 2 N–H and O–H groups in total. The molecule has 0 saturated heterocycles. The van der Waals surface area contributed by atoms with Crippen LogP contribution in [0.2, 0.25) is 5.02 Å². The quantitative estimate of drug-likeness (QED) is 0.878. The zero-order valence-electron chi connectivity index (χ0n) is 11.2. The highest BCUT2D eigenvalue weighted by Crippen LogP contribution is 2.33. The molecule has 1 aromatic heterocycles. The number of carbonyl (C=O) groups is 1. The van der Waals surface area contributed by atoms with E-state index in [1.54, 1.807) is 12.1 Å². The predicted octanol–water partition coefficient (Wildman–Crippen LogP) is 3.68. The molecule has 2 rings (SSSR count). The summed E-state index contributed by atoms with van der Waals surface area (Å²) >= 11 is 5.79. The smallest absolute Gasteiger partial charge is 0.416 e. The Morgan fingerprint density at radius 2 is 2.05 bits per heavy atom. The van der Waals surface area contributed by atoms with Crippen LogP contribution in [-0.2, 0) is 17.5 Å². The largest absolute Gasteiger partial charge is 0.468 e. The molecule has 0 bridgehead atoms. The van der Waals surface area contributed by atoms with Gasteiger partial charge in [0.2, 0.25) is 5.91 Å². The maximum absolute atomic E-state index is 12.6. The first-order valence-corrected chi connectivity index (χ1v) is 6.64. The molecule has 1 heterocycles. The summed E-state index contributed by atoms with van der Waals surface area (Å²) in [6, 6.07) is 6.18. The van der Waals surface area contributed by atoms with Crippen molar-refractivity contribution in [3.63, 3.8) is 0 Å². The number of rotatable bonds is 5. The highest BCUT2D eigenvalue weighted by atomic mass is 35.5. The van der Waals surface area contributed by atoms with Crippen LogP contribution in [0.5, 0.6) is 0 Å². The lowest BCUT2D eigenvalue weighted by atomic mass is 10.2. The average molecular weight is 333 g/mol. The van der Waals surface area contributed by atoms with Crippen LogP contribution in [-0.4, -0.2) is 12.5 Å². The van der Waals surface area contributed by atoms with Crippen molar-refractivity contribution in [2.45, 2.75) is 12.7 Å². The summed E-state index contributed by atoms with van der Waals surface area (Å²) in [5.41, 5.74) is -0.961. The van der Waals surface area contributed by atoms with E-state index < -0.39 is 17.6 Å². The standard InChI is InChI=1S/C14H12ClF3N2O2/c15-11-4-3-9(14(16,17)18)6-12(11)20-13(21)8-19-7-10-2-1-5-22-10/h1-6,19H,7-8H2,(H,20,21). The van der Waals surface area contributed by atoms with Gasteiger partial charge in [0.15, 0.2) is 0 Å². The molecule has 0 aliphatic rings. The van der Waals surface area contributed by atoms with Crippen LogP contribution in [0.4, 0.5) is 18.9 Å². The van der Waals surface area contributed by atoms with E-state index in [9.17, 15) is 18.0 Å². The first-order chi connectivity index (χ1) is 10.4. The molecular weight excluding hydrogens is 321 g/mol. The maximum atomic E-state index is 12.6. The fraction of sp³-hybridized carbons (Fsp3) is 0.214. The third kappa shape index (κ3) is 4.51. The molecule has 1 aromatic carbocycles. The molecule has 0 aliphatic carbocycles. The minimum Gasteiger partial charge on any atom is -0.468 e. The Balaban J connectivity index is 1.93. The van der Waals surface area contributed by atoms with Gasteiger partial charge in [0.05, 0.1) is 35.6 Å². The highest BCUT2D eigenvalue weighted by Gasteiger charge is 2.31. The van der Waals surface area contributed by atoms with E-state index in [1.165, 1.54) is 6.26 Å². The minimum absolute atomic E-state index is 0.0346. The summed E-state index contributed by atoms with van der Waals surface area (Å²) in [5, 5.41) is 5.17. The third-order valence-corrected chi connectivity index (χ3v) is 3.06. The Kier molecular flexibility index (Phi) is 5.10. The van der Waals surface area contributed by atoms with E-state index in [-0.39, 0.29) is 17.3 Å². The second-order valence-corrected chi connectivity index (χ2v) is 4.83. The SMILES string of the molecule is O=C(CNCc1ccco1)Nc1cc(C(F)(F)F)ccc1Cl. The molecule has 4 nitrogen and oxygen atoms in total. The van der Waals surface area contributed by atoms with Crippen LogP contribution in [0.1, 0.15) is 11.3 Å². The molecule has 0 atom stereocenters. The van der Waals surface area contributed by atoms with Crippen molar-refractivity contribution in [2.75, 3.05) is 11.9 Å². The molecule has 1 amide bonds. The van der Waals surface area contributed by atoms with Gasteiger partial charge in [-0.2, -0.15) is 13.2 Å². The number of nitrogens with one attached hydrogen (secondary N) is 2. The predicted molar refractivity (Wildman–Crippen MR) is 75.5 cm³/mol. The van der Waals surface area contributed by atoms with Crippen LogP contribution >= 0.6 is 11.6 Å². The van der Waals surface area contributed by atoms with Crippen molar-refractivity contribution in [3.05, 3.63) is 52.9 Å². The van der Waals surface area contributed by atoms with Gasteiger partial charge in [0, 0.05) is 0 Å². The topological polar surface area (TPSA) is 54.3 Å². The van der Waals surface area contributed by atoms with Gasteiger partial charge in [-0.25, -0.2) is 0 Å². The Labute approximate surface area is 129 Å². The molecule has 0 aliphatic heterocycles. The average Bonchev–Trinajstić information content (AvgIpc) is 2.93. The van der Waals surface area contributed by atoms with Crippen molar-refractivity contribution in [3.8, 4) is 0 Å². The molecule has 0 unspecified atom stereocenters. The fourth-order valence-corrected chi connectivity index (χ4v) is 1.87.